The van der Waals surface area contributed by atoms with Crippen molar-refractivity contribution in [3.05, 3.63) is 34.2 Å². The van der Waals surface area contributed by atoms with Crippen LogP contribution in [0.3, 0.4) is 0 Å². The molecule has 0 spiro atoms. The van der Waals surface area contributed by atoms with Crippen molar-refractivity contribution in [2.45, 2.75) is 13.0 Å². The van der Waals surface area contributed by atoms with E-state index >= 15 is 0 Å². The van der Waals surface area contributed by atoms with E-state index in [4.69, 9.17) is 4.74 Å². The zero-order chi connectivity index (χ0) is 15.5. The van der Waals surface area contributed by atoms with Gasteiger partial charge >= 0.3 is 0 Å². The first-order valence-corrected chi connectivity index (χ1v) is 7.94. The number of anilines is 1. The number of aromatic nitrogens is 3. The first-order chi connectivity index (χ1) is 10.7. The number of ether oxygens (including phenoxy) is 1. The van der Waals surface area contributed by atoms with Crippen LogP contribution in [0.2, 0.25) is 0 Å². The average Bonchev–Trinajstić information content (AvgIpc) is 3.08. The minimum Gasteiger partial charge on any atom is -0.373 e. The highest BCUT2D eigenvalue weighted by Gasteiger charge is 2.28. The van der Waals surface area contributed by atoms with E-state index in [1.807, 2.05) is 20.0 Å². The number of amides is 1. The van der Waals surface area contributed by atoms with Crippen LogP contribution in [0.25, 0.3) is 0 Å². The summed E-state index contributed by atoms with van der Waals surface area (Å²) >= 11 is 1.42. The third kappa shape index (κ3) is 3.07. The molecule has 0 aromatic carbocycles. The molecule has 0 aliphatic carbocycles. The summed E-state index contributed by atoms with van der Waals surface area (Å²) in [7, 11) is 1.81. The molecule has 0 bridgehead atoms. The number of carbonyl (C=O) groups is 1. The quantitative estimate of drug-likeness (QED) is 0.923. The first kappa shape index (κ1) is 14.9. The molecule has 0 unspecified atom stereocenters. The summed E-state index contributed by atoms with van der Waals surface area (Å²) in [6.45, 7) is 3.36. The lowest BCUT2D eigenvalue weighted by Crippen LogP contribution is -2.42. The van der Waals surface area contributed by atoms with Crippen molar-refractivity contribution in [3.63, 3.8) is 0 Å². The van der Waals surface area contributed by atoms with Crippen LogP contribution in [0.15, 0.2) is 17.0 Å². The fraction of sp³-hybridized carbons (Fsp3) is 0.429. The lowest BCUT2D eigenvalue weighted by atomic mass is 10.2. The molecule has 116 valence electrons. The number of aryl methyl sites for hydroxylation is 1. The second kappa shape index (κ2) is 6.37. The van der Waals surface area contributed by atoms with E-state index in [9.17, 15) is 4.79 Å². The van der Waals surface area contributed by atoms with Gasteiger partial charge in [-0.3, -0.25) is 4.79 Å². The average molecular weight is 319 g/mol. The molecular weight excluding hydrogens is 302 g/mol. The zero-order valence-corrected chi connectivity index (χ0v) is 13.3. The van der Waals surface area contributed by atoms with Gasteiger partial charge in [0.1, 0.15) is 23.4 Å². The van der Waals surface area contributed by atoms with Crippen molar-refractivity contribution in [1.82, 2.24) is 19.9 Å². The first-order valence-electron chi connectivity index (χ1n) is 7.00. The van der Waals surface area contributed by atoms with Crippen molar-refractivity contribution in [2.75, 3.05) is 32.1 Å². The summed E-state index contributed by atoms with van der Waals surface area (Å²) in [5, 5.41) is 4.77. The molecule has 7 nitrogen and oxygen atoms in total. The maximum absolute atomic E-state index is 12.4. The van der Waals surface area contributed by atoms with Gasteiger partial charge in [-0.2, -0.15) is 0 Å². The smallest absolute Gasteiger partial charge is 0.273 e. The second-order valence-corrected chi connectivity index (χ2v) is 5.68. The van der Waals surface area contributed by atoms with Gasteiger partial charge in [0, 0.05) is 25.0 Å². The maximum atomic E-state index is 12.4. The fourth-order valence-electron chi connectivity index (χ4n) is 2.38. The molecule has 1 fully saturated rings. The molecule has 22 heavy (non-hydrogen) atoms. The lowest BCUT2D eigenvalue weighted by molar-refractivity contribution is -0.0249. The number of nitrogens with one attached hydrogen (secondary N) is 1. The molecule has 1 aliphatic rings. The van der Waals surface area contributed by atoms with Gasteiger partial charge < -0.3 is 15.0 Å². The van der Waals surface area contributed by atoms with Crippen LogP contribution in [0.4, 0.5) is 5.82 Å². The Bertz CT molecular complexity index is 661. The van der Waals surface area contributed by atoms with Crippen LogP contribution in [-0.4, -0.2) is 52.5 Å². The summed E-state index contributed by atoms with van der Waals surface area (Å²) in [5.74, 6) is 1.36. The number of morpholine rings is 1. The molecule has 1 atom stereocenters. The molecule has 3 heterocycles. The van der Waals surface area contributed by atoms with Gasteiger partial charge in [0.2, 0.25) is 0 Å². The van der Waals surface area contributed by atoms with Crippen LogP contribution in [-0.2, 0) is 4.74 Å². The van der Waals surface area contributed by atoms with Crippen molar-refractivity contribution in [1.29, 1.82) is 0 Å². The van der Waals surface area contributed by atoms with Gasteiger partial charge in [-0.05, 0) is 6.92 Å². The Morgan fingerprint density at radius 3 is 3.09 bits per heavy atom. The Morgan fingerprint density at radius 1 is 1.50 bits per heavy atom. The number of hydrogen-bond donors (Lipinski definition) is 1. The van der Waals surface area contributed by atoms with Crippen LogP contribution in [0, 0.1) is 6.92 Å². The lowest BCUT2D eigenvalue weighted by Gasteiger charge is -2.32. The Morgan fingerprint density at radius 2 is 2.36 bits per heavy atom. The number of carbonyl (C=O) groups excluding carboxylic acids is 1. The molecule has 1 amide bonds. The van der Waals surface area contributed by atoms with Crippen LogP contribution in [0.5, 0.6) is 0 Å². The number of rotatable bonds is 3. The molecule has 8 heteroatoms. The van der Waals surface area contributed by atoms with Crippen molar-refractivity contribution >= 4 is 23.1 Å². The third-order valence-corrected chi connectivity index (χ3v) is 4.04. The molecule has 1 aliphatic heterocycles. The molecule has 0 radical (unpaired) electrons. The molecule has 0 saturated carbocycles. The standard InChI is InChI=1S/C14H17N5O2S/c1-9-17-10(5-13(15-2)18-9)12-6-19(3-4-21-12)14(20)11-7-22-8-16-11/h5,7-8,12H,3-4,6H2,1-2H3,(H,15,17,18)/t12-/m0/s1. The number of hydrogen-bond acceptors (Lipinski definition) is 7. The Labute approximate surface area is 132 Å². The highest BCUT2D eigenvalue weighted by atomic mass is 32.1. The van der Waals surface area contributed by atoms with E-state index in [-0.39, 0.29) is 12.0 Å². The summed E-state index contributed by atoms with van der Waals surface area (Å²) in [5.41, 5.74) is 2.94. The van der Waals surface area contributed by atoms with Crippen molar-refractivity contribution < 1.29 is 9.53 Å². The Hall–Kier alpha value is -2.06. The largest absolute Gasteiger partial charge is 0.373 e. The molecule has 1 saturated heterocycles. The fourth-order valence-corrected chi connectivity index (χ4v) is 2.90. The van der Waals surface area contributed by atoms with Crippen LogP contribution in [0.1, 0.15) is 28.1 Å². The highest BCUT2D eigenvalue weighted by molar-refractivity contribution is 7.07. The highest BCUT2D eigenvalue weighted by Crippen LogP contribution is 2.23. The second-order valence-electron chi connectivity index (χ2n) is 4.96. The van der Waals surface area contributed by atoms with E-state index in [2.05, 4.69) is 20.3 Å². The normalized spacial score (nSPS) is 18.3. The summed E-state index contributed by atoms with van der Waals surface area (Å²) < 4.78 is 5.79. The third-order valence-electron chi connectivity index (χ3n) is 3.45. The zero-order valence-electron chi connectivity index (χ0n) is 12.4. The molecular formula is C14H17N5O2S. The SMILES string of the molecule is CNc1cc([C@@H]2CN(C(=O)c3cscn3)CCO2)nc(C)n1. The van der Waals surface area contributed by atoms with E-state index in [0.717, 1.165) is 11.5 Å². The predicted octanol–water partition coefficient (Wildman–Crippen LogP) is 1.50. The minimum absolute atomic E-state index is 0.0610. The molecule has 3 rings (SSSR count). The van der Waals surface area contributed by atoms with Crippen molar-refractivity contribution in [2.24, 2.45) is 0 Å². The summed E-state index contributed by atoms with van der Waals surface area (Å²) in [4.78, 5) is 27.0. The summed E-state index contributed by atoms with van der Waals surface area (Å²) in [6.07, 6.45) is -0.245. The summed E-state index contributed by atoms with van der Waals surface area (Å²) in [6, 6.07) is 1.86. The topological polar surface area (TPSA) is 80.2 Å². The van der Waals surface area contributed by atoms with E-state index in [1.165, 1.54) is 11.3 Å². The minimum atomic E-state index is -0.245. The number of thiazole rings is 1. The van der Waals surface area contributed by atoms with Gasteiger partial charge in [0.25, 0.3) is 5.91 Å². The van der Waals surface area contributed by atoms with Crippen molar-refractivity contribution in [3.8, 4) is 0 Å². The molecule has 1 N–H and O–H groups in total. The van der Waals surface area contributed by atoms with E-state index in [1.54, 1.807) is 15.8 Å². The van der Waals surface area contributed by atoms with E-state index < -0.39 is 0 Å². The Kier molecular flexibility index (Phi) is 4.30. The van der Waals surface area contributed by atoms with Gasteiger partial charge in [0.15, 0.2) is 0 Å². The van der Waals surface area contributed by atoms with Crippen LogP contribution < -0.4 is 5.32 Å². The Balaban J connectivity index is 1.78. The molecule has 2 aromatic heterocycles. The molecule has 2 aromatic rings. The predicted molar refractivity (Wildman–Crippen MR) is 83.0 cm³/mol. The monoisotopic (exact) mass is 319 g/mol. The van der Waals surface area contributed by atoms with Gasteiger partial charge in [-0.1, -0.05) is 0 Å². The van der Waals surface area contributed by atoms with Gasteiger partial charge in [-0.25, -0.2) is 15.0 Å². The maximum Gasteiger partial charge on any atom is 0.273 e. The number of nitrogens with zero attached hydrogens (tertiary/aromatic N) is 4. The van der Waals surface area contributed by atoms with Gasteiger partial charge in [0.05, 0.1) is 24.4 Å². The van der Waals surface area contributed by atoms with Crippen LogP contribution >= 0.6 is 11.3 Å². The van der Waals surface area contributed by atoms with Gasteiger partial charge in [-0.15, -0.1) is 11.3 Å². The van der Waals surface area contributed by atoms with E-state index in [0.29, 0.717) is 31.2 Å².